The number of nitrogens with one attached hydrogen (secondary N) is 1. The van der Waals surface area contributed by atoms with Gasteiger partial charge in [-0.3, -0.25) is 0 Å². The molecule has 66 valence electrons. The van der Waals surface area contributed by atoms with Crippen LogP contribution in [0.1, 0.15) is 0 Å². The molecule has 0 aliphatic carbocycles. The maximum absolute atomic E-state index is 3.66. The summed E-state index contributed by atoms with van der Waals surface area (Å²) in [6.45, 7) is 5.92. The van der Waals surface area contributed by atoms with Gasteiger partial charge in [-0.1, -0.05) is 6.08 Å². The van der Waals surface area contributed by atoms with Gasteiger partial charge < -0.3 is 5.32 Å². The summed E-state index contributed by atoms with van der Waals surface area (Å²) in [5, 5.41) is 3.37. The van der Waals surface area contributed by atoms with E-state index in [1.165, 1.54) is 11.5 Å². The Labute approximate surface area is 78.4 Å². The fraction of sp³-hybridized carbons (Fsp3) is 0.750. The lowest BCUT2D eigenvalue weighted by atomic mass is 10.7. The predicted octanol–water partition coefficient (Wildman–Crippen LogP) is 1.86. The molecule has 0 aromatic carbocycles. The van der Waals surface area contributed by atoms with Gasteiger partial charge in [0, 0.05) is 30.3 Å². The van der Waals surface area contributed by atoms with Crippen molar-refractivity contribution in [3.8, 4) is 0 Å². The van der Waals surface area contributed by atoms with E-state index < -0.39 is 0 Å². The van der Waals surface area contributed by atoms with Crippen molar-refractivity contribution in [3.05, 3.63) is 12.7 Å². The molecule has 0 aliphatic heterocycles. The highest BCUT2D eigenvalue weighted by Gasteiger charge is 1.86. The maximum atomic E-state index is 3.66. The molecule has 0 radical (unpaired) electrons. The van der Waals surface area contributed by atoms with Crippen LogP contribution in [0.5, 0.6) is 0 Å². The Bertz CT molecular complexity index is 86.2. The second-order valence-electron chi connectivity index (χ2n) is 2.11. The average molecular weight is 191 g/mol. The summed E-state index contributed by atoms with van der Waals surface area (Å²) in [4.78, 5) is 0. The second kappa shape index (κ2) is 10.4. The monoisotopic (exact) mass is 191 g/mol. The fourth-order valence-corrected chi connectivity index (χ4v) is 1.58. The van der Waals surface area contributed by atoms with Gasteiger partial charge in [0.1, 0.15) is 0 Å². The second-order valence-corrected chi connectivity index (χ2v) is 4.24. The van der Waals surface area contributed by atoms with E-state index in [0.29, 0.717) is 0 Å². The predicted molar refractivity (Wildman–Crippen MR) is 58.8 cm³/mol. The van der Waals surface area contributed by atoms with Crippen LogP contribution in [0.2, 0.25) is 0 Å². The third-order valence-corrected chi connectivity index (χ3v) is 2.72. The molecular formula is C8H17NS2. The van der Waals surface area contributed by atoms with E-state index in [1.54, 1.807) is 0 Å². The highest BCUT2D eigenvalue weighted by Crippen LogP contribution is 1.96. The Morgan fingerprint density at radius 1 is 1.36 bits per heavy atom. The molecule has 0 heterocycles. The Kier molecular flexibility index (Phi) is 10.8. The van der Waals surface area contributed by atoms with Gasteiger partial charge in [0.05, 0.1) is 0 Å². The van der Waals surface area contributed by atoms with E-state index in [9.17, 15) is 0 Å². The van der Waals surface area contributed by atoms with Crippen LogP contribution in [0.3, 0.4) is 0 Å². The molecule has 0 fully saturated rings. The van der Waals surface area contributed by atoms with Crippen molar-refractivity contribution in [2.45, 2.75) is 0 Å². The van der Waals surface area contributed by atoms with Crippen molar-refractivity contribution in [1.82, 2.24) is 5.32 Å². The summed E-state index contributed by atoms with van der Waals surface area (Å²) >= 11 is 3.81. The summed E-state index contributed by atoms with van der Waals surface area (Å²) in [6.07, 6.45) is 4.08. The van der Waals surface area contributed by atoms with Crippen LogP contribution in [0.15, 0.2) is 12.7 Å². The molecular weight excluding hydrogens is 174 g/mol. The van der Waals surface area contributed by atoms with E-state index in [2.05, 4.69) is 18.2 Å². The van der Waals surface area contributed by atoms with Gasteiger partial charge >= 0.3 is 0 Å². The molecule has 0 saturated carbocycles. The molecule has 0 saturated heterocycles. The molecule has 0 bridgehead atoms. The fourth-order valence-electron chi connectivity index (χ4n) is 0.610. The number of hydrogen-bond donors (Lipinski definition) is 1. The van der Waals surface area contributed by atoms with Crippen molar-refractivity contribution >= 4 is 23.5 Å². The average Bonchev–Trinajstić information content (AvgIpc) is 2.03. The lowest BCUT2D eigenvalue weighted by Gasteiger charge is -2.01. The van der Waals surface area contributed by atoms with Crippen LogP contribution in [0, 0.1) is 0 Å². The zero-order valence-electron chi connectivity index (χ0n) is 7.14. The Hall–Kier alpha value is 0.400. The van der Waals surface area contributed by atoms with E-state index in [-0.39, 0.29) is 0 Å². The largest absolute Gasteiger partial charge is 0.315 e. The van der Waals surface area contributed by atoms with Gasteiger partial charge in [0.25, 0.3) is 0 Å². The SMILES string of the molecule is C=CCSCCNCCSC. The topological polar surface area (TPSA) is 12.0 Å². The minimum absolute atomic E-state index is 1.07. The van der Waals surface area contributed by atoms with Gasteiger partial charge in [0.15, 0.2) is 0 Å². The molecule has 0 aliphatic rings. The molecule has 0 rings (SSSR count). The van der Waals surface area contributed by atoms with Gasteiger partial charge in [-0.15, -0.1) is 6.58 Å². The van der Waals surface area contributed by atoms with E-state index in [4.69, 9.17) is 0 Å². The first-order valence-corrected chi connectivity index (χ1v) is 6.35. The van der Waals surface area contributed by atoms with E-state index in [1.807, 2.05) is 29.6 Å². The van der Waals surface area contributed by atoms with Gasteiger partial charge in [-0.25, -0.2) is 0 Å². The summed E-state index contributed by atoms with van der Waals surface area (Å²) < 4.78 is 0. The number of hydrogen-bond acceptors (Lipinski definition) is 3. The minimum atomic E-state index is 1.07. The lowest BCUT2D eigenvalue weighted by Crippen LogP contribution is -2.19. The molecule has 3 heteroatoms. The molecule has 0 spiro atoms. The van der Waals surface area contributed by atoms with E-state index in [0.717, 1.165) is 18.8 Å². The van der Waals surface area contributed by atoms with Crippen LogP contribution < -0.4 is 5.32 Å². The number of thioether (sulfide) groups is 2. The maximum Gasteiger partial charge on any atom is 0.0111 e. The van der Waals surface area contributed by atoms with Crippen LogP contribution in [0.4, 0.5) is 0 Å². The molecule has 11 heavy (non-hydrogen) atoms. The molecule has 1 N–H and O–H groups in total. The quantitative estimate of drug-likeness (QED) is 0.464. The van der Waals surface area contributed by atoms with Crippen LogP contribution in [-0.4, -0.2) is 36.6 Å². The van der Waals surface area contributed by atoms with Crippen molar-refractivity contribution in [2.24, 2.45) is 0 Å². The van der Waals surface area contributed by atoms with Crippen molar-refractivity contribution in [1.29, 1.82) is 0 Å². The Morgan fingerprint density at radius 3 is 2.73 bits per heavy atom. The zero-order chi connectivity index (χ0) is 8.36. The minimum Gasteiger partial charge on any atom is -0.315 e. The smallest absolute Gasteiger partial charge is 0.0111 e. The third kappa shape index (κ3) is 10.4. The van der Waals surface area contributed by atoms with Crippen molar-refractivity contribution in [2.75, 3.05) is 36.6 Å². The first-order chi connectivity index (χ1) is 5.41. The van der Waals surface area contributed by atoms with Crippen LogP contribution in [-0.2, 0) is 0 Å². The summed E-state index contributed by atoms with van der Waals surface area (Å²) in [5.74, 6) is 3.48. The lowest BCUT2D eigenvalue weighted by molar-refractivity contribution is 0.775. The van der Waals surface area contributed by atoms with Crippen LogP contribution >= 0.6 is 23.5 Å². The molecule has 0 aromatic heterocycles. The highest BCUT2D eigenvalue weighted by molar-refractivity contribution is 7.99. The Morgan fingerprint density at radius 2 is 2.09 bits per heavy atom. The van der Waals surface area contributed by atoms with Gasteiger partial charge in [0.2, 0.25) is 0 Å². The normalized spacial score (nSPS) is 9.91. The van der Waals surface area contributed by atoms with Gasteiger partial charge in [-0.05, 0) is 6.26 Å². The van der Waals surface area contributed by atoms with Crippen molar-refractivity contribution in [3.63, 3.8) is 0 Å². The van der Waals surface area contributed by atoms with Crippen molar-refractivity contribution < 1.29 is 0 Å². The first-order valence-electron chi connectivity index (χ1n) is 3.80. The first kappa shape index (κ1) is 11.4. The molecule has 0 amide bonds. The zero-order valence-corrected chi connectivity index (χ0v) is 8.77. The molecule has 1 nitrogen and oxygen atoms in total. The highest BCUT2D eigenvalue weighted by atomic mass is 32.2. The Balaban J connectivity index is 2.74. The number of rotatable bonds is 8. The molecule has 0 atom stereocenters. The summed E-state index contributed by atoms with van der Waals surface area (Å²) in [5.41, 5.74) is 0. The standard InChI is InChI=1S/C8H17NS2/c1-3-6-11-8-5-9-4-7-10-2/h3,9H,1,4-8H2,2H3. The molecule has 0 aromatic rings. The van der Waals surface area contributed by atoms with E-state index >= 15 is 0 Å². The van der Waals surface area contributed by atoms with Gasteiger partial charge in [-0.2, -0.15) is 23.5 Å². The molecule has 0 unspecified atom stereocenters. The third-order valence-electron chi connectivity index (χ3n) is 1.14. The van der Waals surface area contributed by atoms with Crippen LogP contribution in [0.25, 0.3) is 0 Å². The summed E-state index contributed by atoms with van der Waals surface area (Å²) in [6, 6.07) is 0. The summed E-state index contributed by atoms with van der Waals surface area (Å²) in [7, 11) is 0.